The van der Waals surface area contributed by atoms with E-state index in [1.807, 2.05) is 43.3 Å². The number of carbonyl (C=O) groups excluding carboxylic acids is 1. The number of anilines is 1. The second-order valence-corrected chi connectivity index (χ2v) is 8.71. The molecule has 2 aromatic carbocycles. The number of fused-ring (bicyclic) bond motifs is 1. The Morgan fingerprint density at radius 3 is 2.15 bits per heavy atom. The third-order valence-electron chi connectivity index (χ3n) is 5.53. The van der Waals surface area contributed by atoms with Crippen molar-refractivity contribution in [2.75, 3.05) is 18.4 Å². The van der Waals surface area contributed by atoms with E-state index in [-0.39, 0.29) is 11.8 Å². The molecule has 3 unspecified atom stereocenters. The molecule has 3 atom stereocenters. The first-order valence-electron chi connectivity index (χ1n) is 11.8. The van der Waals surface area contributed by atoms with Gasteiger partial charge >= 0.3 is 6.18 Å². The Labute approximate surface area is 197 Å². The van der Waals surface area contributed by atoms with E-state index in [9.17, 15) is 18.0 Å². The first-order valence-corrected chi connectivity index (χ1v) is 11.8. The van der Waals surface area contributed by atoms with Gasteiger partial charge in [-0.3, -0.25) is 4.79 Å². The third-order valence-corrected chi connectivity index (χ3v) is 5.53. The van der Waals surface area contributed by atoms with E-state index in [1.54, 1.807) is 0 Å². The van der Waals surface area contributed by atoms with Gasteiger partial charge in [-0.15, -0.1) is 0 Å². The highest BCUT2D eigenvalue weighted by Gasteiger charge is 2.33. The predicted molar refractivity (Wildman–Crippen MR) is 131 cm³/mol. The smallest absolute Gasteiger partial charge is 0.385 e. The van der Waals surface area contributed by atoms with Gasteiger partial charge in [0, 0.05) is 25.7 Å². The molecule has 0 aliphatic carbocycles. The van der Waals surface area contributed by atoms with E-state index in [2.05, 4.69) is 31.4 Å². The van der Waals surface area contributed by atoms with Gasteiger partial charge in [0.05, 0.1) is 5.56 Å². The molecule has 0 spiro atoms. The molecular formula is C27H39F3N2O. The van der Waals surface area contributed by atoms with Crippen molar-refractivity contribution in [3.05, 3.63) is 65.7 Å². The largest absolute Gasteiger partial charge is 0.416 e. The lowest BCUT2D eigenvalue weighted by Gasteiger charge is -2.33. The number of carbonyl (C=O) groups is 1. The average Bonchev–Trinajstić information content (AvgIpc) is 2.78. The molecular weight excluding hydrogens is 425 g/mol. The Balaban J connectivity index is 0.000000506. The molecule has 0 fully saturated rings. The number of benzene rings is 2. The van der Waals surface area contributed by atoms with Crippen molar-refractivity contribution < 1.29 is 18.0 Å². The quantitative estimate of drug-likeness (QED) is 0.481. The normalized spacial score (nSPS) is 17.7. The van der Waals surface area contributed by atoms with Crippen LogP contribution in [0.2, 0.25) is 0 Å². The summed E-state index contributed by atoms with van der Waals surface area (Å²) >= 11 is 0. The van der Waals surface area contributed by atoms with Crippen LogP contribution in [0.1, 0.15) is 70.9 Å². The van der Waals surface area contributed by atoms with Gasteiger partial charge in [0.2, 0.25) is 5.91 Å². The van der Waals surface area contributed by atoms with Crippen LogP contribution in [0, 0.1) is 11.8 Å². The predicted octanol–water partition coefficient (Wildman–Crippen LogP) is 7.51. The topological polar surface area (TPSA) is 41.1 Å². The zero-order valence-corrected chi connectivity index (χ0v) is 20.5. The van der Waals surface area contributed by atoms with E-state index in [0.29, 0.717) is 18.4 Å². The summed E-state index contributed by atoms with van der Waals surface area (Å²) in [5.41, 5.74) is 0.961. The molecule has 0 radical (unpaired) electrons. The SMILES string of the molecule is CC(=O)NCC(C)CCC1CNc2ccc(C(F)(F)F)cc2C1C.CCC.c1ccccc1. The van der Waals surface area contributed by atoms with Gasteiger partial charge in [-0.05, 0) is 54.4 Å². The molecule has 184 valence electrons. The number of nitrogens with one attached hydrogen (secondary N) is 2. The zero-order valence-electron chi connectivity index (χ0n) is 20.5. The van der Waals surface area contributed by atoms with Crippen LogP contribution < -0.4 is 10.6 Å². The van der Waals surface area contributed by atoms with E-state index < -0.39 is 11.7 Å². The van der Waals surface area contributed by atoms with Gasteiger partial charge < -0.3 is 10.6 Å². The van der Waals surface area contributed by atoms with Crippen LogP contribution in [0.5, 0.6) is 0 Å². The minimum absolute atomic E-state index is 0.0387. The van der Waals surface area contributed by atoms with Gasteiger partial charge in [-0.25, -0.2) is 0 Å². The number of hydrogen-bond donors (Lipinski definition) is 2. The molecule has 0 saturated heterocycles. The summed E-state index contributed by atoms with van der Waals surface area (Å²) in [4.78, 5) is 10.9. The number of amides is 1. The summed E-state index contributed by atoms with van der Waals surface area (Å²) in [5, 5.41) is 6.06. The highest BCUT2D eigenvalue weighted by molar-refractivity contribution is 5.72. The van der Waals surface area contributed by atoms with Crippen LogP contribution in [0.3, 0.4) is 0 Å². The lowest BCUT2D eigenvalue weighted by molar-refractivity contribution is -0.137. The summed E-state index contributed by atoms with van der Waals surface area (Å²) in [6.07, 6.45) is -1.20. The van der Waals surface area contributed by atoms with Crippen molar-refractivity contribution in [3.8, 4) is 0 Å². The van der Waals surface area contributed by atoms with Gasteiger partial charge in [0.1, 0.15) is 0 Å². The Bertz CT molecular complexity index is 782. The molecule has 1 heterocycles. The third kappa shape index (κ3) is 10.8. The van der Waals surface area contributed by atoms with Crippen molar-refractivity contribution >= 4 is 11.6 Å². The molecule has 1 amide bonds. The molecule has 2 N–H and O–H groups in total. The minimum atomic E-state index is -4.31. The minimum Gasteiger partial charge on any atom is -0.385 e. The van der Waals surface area contributed by atoms with Crippen molar-refractivity contribution in [2.45, 2.75) is 66.0 Å². The lowest BCUT2D eigenvalue weighted by Crippen LogP contribution is -2.29. The monoisotopic (exact) mass is 464 g/mol. The molecule has 6 heteroatoms. The zero-order chi connectivity index (χ0) is 24.9. The summed E-state index contributed by atoms with van der Waals surface area (Å²) in [5.74, 6) is 0.685. The Hall–Kier alpha value is -2.50. The van der Waals surface area contributed by atoms with Crippen molar-refractivity contribution in [1.29, 1.82) is 0 Å². The number of rotatable bonds is 5. The molecule has 0 saturated carbocycles. The van der Waals surface area contributed by atoms with Crippen LogP contribution in [0.15, 0.2) is 54.6 Å². The molecule has 0 bridgehead atoms. The van der Waals surface area contributed by atoms with Crippen molar-refractivity contribution in [3.63, 3.8) is 0 Å². The van der Waals surface area contributed by atoms with Crippen LogP contribution in [0.25, 0.3) is 0 Å². The first-order chi connectivity index (χ1) is 15.6. The molecule has 2 aromatic rings. The fourth-order valence-corrected chi connectivity index (χ4v) is 3.60. The molecule has 0 aromatic heterocycles. The van der Waals surface area contributed by atoms with E-state index >= 15 is 0 Å². The van der Waals surface area contributed by atoms with Crippen LogP contribution in [0.4, 0.5) is 18.9 Å². The highest BCUT2D eigenvalue weighted by atomic mass is 19.4. The van der Waals surface area contributed by atoms with E-state index in [1.165, 1.54) is 25.5 Å². The number of alkyl halides is 3. The summed E-state index contributed by atoms with van der Waals surface area (Å²) in [6.45, 7) is 11.2. The number of hydrogen-bond acceptors (Lipinski definition) is 2. The van der Waals surface area contributed by atoms with Crippen molar-refractivity contribution in [1.82, 2.24) is 5.32 Å². The molecule has 1 aliphatic heterocycles. The van der Waals surface area contributed by atoms with E-state index in [4.69, 9.17) is 0 Å². The maximum absolute atomic E-state index is 12.9. The Morgan fingerprint density at radius 1 is 1.12 bits per heavy atom. The fourth-order valence-electron chi connectivity index (χ4n) is 3.60. The molecule has 3 rings (SSSR count). The lowest BCUT2D eigenvalue weighted by atomic mass is 9.79. The summed E-state index contributed by atoms with van der Waals surface area (Å²) < 4.78 is 38.8. The average molecular weight is 465 g/mol. The van der Waals surface area contributed by atoms with Crippen molar-refractivity contribution in [2.24, 2.45) is 11.8 Å². The maximum atomic E-state index is 12.9. The number of halogens is 3. The van der Waals surface area contributed by atoms with Crippen LogP contribution in [-0.2, 0) is 11.0 Å². The molecule has 33 heavy (non-hydrogen) atoms. The standard InChI is InChI=1S/C18H25F3N2O.C6H6.C3H8/c1-11(9-22-13(3)24)4-5-14-10-23-17-7-6-15(18(19,20)21)8-16(17)12(14)2;1-2-4-6-5-3-1;1-3-2/h6-8,11-12,14,23H,4-5,9-10H2,1-3H3,(H,22,24);1-6H;3H2,1-2H3. The van der Waals surface area contributed by atoms with E-state index in [0.717, 1.165) is 36.7 Å². The summed E-state index contributed by atoms with van der Waals surface area (Å²) in [6, 6.07) is 15.9. The Morgan fingerprint density at radius 2 is 1.67 bits per heavy atom. The fraction of sp³-hybridized carbons (Fsp3) is 0.519. The molecule has 3 nitrogen and oxygen atoms in total. The second kappa shape index (κ2) is 14.6. The van der Waals surface area contributed by atoms with Crippen LogP contribution >= 0.6 is 0 Å². The highest BCUT2D eigenvalue weighted by Crippen LogP contribution is 2.40. The first kappa shape index (κ1) is 28.5. The van der Waals surface area contributed by atoms with Gasteiger partial charge in [0.25, 0.3) is 0 Å². The van der Waals surface area contributed by atoms with Crippen LogP contribution in [-0.4, -0.2) is 19.0 Å². The second-order valence-electron chi connectivity index (χ2n) is 8.71. The van der Waals surface area contributed by atoms with Gasteiger partial charge in [-0.2, -0.15) is 13.2 Å². The van der Waals surface area contributed by atoms with Gasteiger partial charge in [0.15, 0.2) is 0 Å². The maximum Gasteiger partial charge on any atom is 0.416 e. The van der Waals surface area contributed by atoms with Gasteiger partial charge in [-0.1, -0.05) is 70.5 Å². The summed E-state index contributed by atoms with van der Waals surface area (Å²) in [7, 11) is 0. The Kier molecular flexibility index (Phi) is 12.6. The molecule has 1 aliphatic rings.